The quantitative estimate of drug-likeness (QED) is 0.716. The smallest absolute Gasteiger partial charge is 0.273 e. The molecule has 0 aromatic heterocycles. The first-order valence-electron chi connectivity index (χ1n) is 4.16. The van der Waals surface area contributed by atoms with Crippen molar-refractivity contribution in [3.8, 4) is 5.75 Å². The zero-order chi connectivity index (χ0) is 9.97. The van der Waals surface area contributed by atoms with Crippen LogP contribution in [-0.2, 0) is 4.74 Å². The molecular formula is C9H10N2O2S. The van der Waals surface area contributed by atoms with Crippen LogP contribution in [0.5, 0.6) is 5.75 Å². The Morgan fingerprint density at radius 2 is 2.07 bits per heavy atom. The highest BCUT2D eigenvalue weighted by molar-refractivity contribution is 7.80. The van der Waals surface area contributed by atoms with E-state index in [0.717, 1.165) is 11.3 Å². The van der Waals surface area contributed by atoms with Crippen LogP contribution in [0.4, 0.5) is 0 Å². The van der Waals surface area contributed by atoms with Crippen molar-refractivity contribution in [3.63, 3.8) is 0 Å². The molecule has 1 fully saturated rings. The summed E-state index contributed by atoms with van der Waals surface area (Å²) in [6, 6.07) is 7.60. The molecule has 5 heteroatoms. The summed E-state index contributed by atoms with van der Waals surface area (Å²) in [5, 5.41) is 0.366. The van der Waals surface area contributed by atoms with Gasteiger partial charge in [0, 0.05) is 5.56 Å². The maximum absolute atomic E-state index is 5.29. The van der Waals surface area contributed by atoms with Crippen LogP contribution in [0.2, 0.25) is 0 Å². The van der Waals surface area contributed by atoms with E-state index in [9.17, 15) is 0 Å². The second-order valence-electron chi connectivity index (χ2n) is 2.83. The Labute approximate surface area is 87.2 Å². The number of hydrogen-bond acceptors (Lipinski definition) is 4. The van der Waals surface area contributed by atoms with E-state index >= 15 is 0 Å². The summed E-state index contributed by atoms with van der Waals surface area (Å²) >= 11 is 4.82. The Hall–Kier alpha value is -1.33. The van der Waals surface area contributed by atoms with Gasteiger partial charge in [-0.15, -0.1) is 0 Å². The molecule has 0 aliphatic carbocycles. The number of nitrogens with one attached hydrogen (secondary N) is 2. The lowest BCUT2D eigenvalue weighted by molar-refractivity contribution is 0.203. The maximum atomic E-state index is 5.29. The van der Waals surface area contributed by atoms with Crippen LogP contribution in [0, 0.1) is 0 Å². The Morgan fingerprint density at radius 1 is 1.36 bits per heavy atom. The summed E-state index contributed by atoms with van der Waals surface area (Å²) < 4.78 is 10.3. The summed E-state index contributed by atoms with van der Waals surface area (Å²) in [6.45, 7) is 0. The second-order valence-corrected chi connectivity index (χ2v) is 3.20. The van der Waals surface area contributed by atoms with Crippen LogP contribution >= 0.6 is 12.2 Å². The Morgan fingerprint density at radius 3 is 2.57 bits per heavy atom. The predicted octanol–water partition coefficient (Wildman–Crippen LogP) is 1.10. The number of rotatable bonds is 2. The molecule has 2 rings (SSSR count). The molecule has 1 aromatic carbocycles. The van der Waals surface area contributed by atoms with Gasteiger partial charge in [-0.1, -0.05) is 12.1 Å². The van der Waals surface area contributed by atoms with Gasteiger partial charge in [0.25, 0.3) is 5.17 Å². The van der Waals surface area contributed by atoms with Gasteiger partial charge in [0.15, 0.2) is 6.23 Å². The van der Waals surface area contributed by atoms with Gasteiger partial charge in [-0.05, 0) is 24.4 Å². The third kappa shape index (κ3) is 1.78. The van der Waals surface area contributed by atoms with Crippen LogP contribution in [0.25, 0.3) is 0 Å². The molecule has 0 radical (unpaired) electrons. The first kappa shape index (κ1) is 9.23. The van der Waals surface area contributed by atoms with E-state index in [1.54, 1.807) is 7.11 Å². The normalized spacial score (nSPS) is 20.1. The van der Waals surface area contributed by atoms with E-state index < -0.39 is 0 Å². The molecule has 1 heterocycles. The fourth-order valence-corrected chi connectivity index (χ4v) is 1.38. The van der Waals surface area contributed by atoms with Gasteiger partial charge in [-0.25, -0.2) is 0 Å². The van der Waals surface area contributed by atoms with E-state index in [1.807, 2.05) is 24.3 Å². The van der Waals surface area contributed by atoms with E-state index in [-0.39, 0.29) is 6.23 Å². The molecule has 1 atom stereocenters. The zero-order valence-electron chi connectivity index (χ0n) is 7.61. The molecule has 2 N–H and O–H groups in total. The van der Waals surface area contributed by atoms with Crippen LogP contribution in [0.1, 0.15) is 11.8 Å². The van der Waals surface area contributed by atoms with Crippen molar-refractivity contribution in [2.45, 2.75) is 6.23 Å². The number of ether oxygens (including phenoxy) is 2. The third-order valence-electron chi connectivity index (χ3n) is 1.95. The van der Waals surface area contributed by atoms with Gasteiger partial charge in [0.2, 0.25) is 0 Å². The molecule has 0 amide bonds. The van der Waals surface area contributed by atoms with Gasteiger partial charge in [0.1, 0.15) is 5.75 Å². The topological polar surface area (TPSA) is 42.5 Å². The van der Waals surface area contributed by atoms with Crippen molar-refractivity contribution in [1.82, 2.24) is 10.9 Å². The average Bonchev–Trinajstić information content (AvgIpc) is 2.65. The molecule has 0 bridgehead atoms. The Bertz CT molecular complexity index is 339. The van der Waals surface area contributed by atoms with Crippen molar-refractivity contribution >= 4 is 17.4 Å². The molecule has 0 spiro atoms. The molecule has 1 aliphatic heterocycles. The summed E-state index contributed by atoms with van der Waals surface area (Å²) in [5.41, 5.74) is 6.63. The third-order valence-corrected chi connectivity index (χ3v) is 2.15. The average molecular weight is 210 g/mol. The zero-order valence-corrected chi connectivity index (χ0v) is 8.43. The van der Waals surface area contributed by atoms with Gasteiger partial charge in [0.05, 0.1) is 7.11 Å². The summed E-state index contributed by atoms with van der Waals surface area (Å²) in [5.74, 6) is 0.822. The van der Waals surface area contributed by atoms with Crippen LogP contribution < -0.4 is 15.6 Å². The molecule has 0 saturated carbocycles. The lowest BCUT2D eigenvalue weighted by Crippen LogP contribution is -2.26. The molecule has 1 unspecified atom stereocenters. The number of methoxy groups -OCH3 is 1. The van der Waals surface area contributed by atoms with Crippen molar-refractivity contribution in [1.29, 1.82) is 0 Å². The van der Waals surface area contributed by atoms with E-state index in [4.69, 9.17) is 21.7 Å². The van der Waals surface area contributed by atoms with Crippen molar-refractivity contribution in [2.24, 2.45) is 0 Å². The van der Waals surface area contributed by atoms with Gasteiger partial charge in [-0.2, -0.15) is 5.43 Å². The summed E-state index contributed by atoms with van der Waals surface area (Å²) in [7, 11) is 1.63. The summed E-state index contributed by atoms with van der Waals surface area (Å²) in [4.78, 5) is 0. The minimum Gasteiger partial charge on any atom is -0.497 e. The molecule has 1 saturated heterocycles. The Kier molecular flexibility index (Phi) is 2.51. The standard InChI is InChI=1S/C9H10N2O2S/c1-12-7-4-2-6(3-5-7)8-10-11-9(14)13-8/h2-5,8,10H,1H3,(H,11,14). The van der Waals surface area contributed by atoms with E-state index in [1.165, 1.54) is 0 Å². The van der Waals surface area contributed by atoms with E-state index in [0.29, 0.717) is 5.17 Å². The van der Waals surface area contributed by atoms with E-state index in [2.05, 4.69) is 10.9 Å². The molecule has 1 aromatic rings. The fourth-order valence-electron chi connectivity index (χ4n) is 1.22. The fraction of sp³-hybridized carbons (Fsp3) is 0.222. The monoisotopic (exact) mass is 210 g/mol. The highest BCUT2D eigenvalue weighted by atomic mass is 32.1. The van der Waals surface area contributed by atoms with Crippen molar-refractivity contribution < 1.29 is 9.47 Å². The molecule has 1 aliphatic rings. The first-order valence-corrected chi connectivity index (χ1v) is 4.56. The van der Waals surface area contributed by atoms with Crippen molar-refractivity contribution in [2.75, 3.05) is 7.11 Å². The number of thiocarbonyl (C=S) groups is 1. The molecule has 14 heavy (non-hydrogen) atoms. The van der Waals surface area contributed by atoms with Crippen LogP contribution in [0.3, 0.4) is 0 Å². The van der Waals surface area contributed by atoms with Crippen LogP contribution in [0.15, 0.2) is 24.3 Å². The van der Waals surface area contributed by atoms with Gasteiger partial charge >= 0.3 is 0 Å². The lowest BCUT2D eigenvalue weighted by atomic mass is 10.2. The van der Waals surface area contributed by atoms with Gasteiger partial charge in [-0.3, -0.25) is 5.43 Å². The number of hydrazine groups is 1. The largest absolute Gasteiger partial charge is 0.497 e. The van der Waals surface area contributed by atoms with Gasteiger partial charge < -0.3 is 9.47 Å². The lowest BCUT2D eigenvalue weighted by Gasteiger charge is -2.08. The summed E-state index contributed by atoms with van der Waals surface area (Å²) in [6.07, 6.45) is -0.214. The maximum Gasteiger partial charge on any atom is 0.273 e. The Balaban J connectivity index is 2.13. The minimum absolute atomic E-state index is 0.214. The highest BCUT2D eigenvalue weighted by Gasteiger charge is 2.20. The predicted molar refractivity (Wildman–Crippen MR) is 55.7 cm³/mol. The molecular weight excluding hydrogens is 200 g/mol. The molecule has 4 nitrogen and oxygen atoms in total. The highest BCUT2D eigenvalue weighted by Crippen LogP contribution is 2.20. The molecule has 74 valence electrons. The number of hydrogen-bond donors (Lipinski definition) is 2. The first-order chi connectivity index (χ1) is 6.79. The van der Waals surface area contributed by atoms with Crippen LogP contribution in [-0.4, -0.2) is 12.3 Å². The minimum atomic E-state index is -0.214. The number of benzene rings is 1. The SMILES string of the molecule is COc1ccc(C2NNC(=S)O2)cc1. The second kappa shape index (κ2) is 3.81. The van der Waals surface area contributed by atoms with Crippen molar-refractivity contribution in [3.05, 3.63) is 29.8 Å².